The van der Waals surface area contributed by atoms with E-state index in [2.05, 4.69) is 52.5 Å². The predicted octanol–water partition coefficient (Wildman–Crippen LogP) is 4.07. The van der Waals surface area contributed by atoms with Crippen LogP contribution in [0.5, 0.6) is 0 Å². The second kappa shape index (κ2) is 10.3. The van der Waals surface area contributed by atoms with Gasteiger partial charge >= 0.3 is 0 Å². The first kappa shape index (κ1) is 24.9. The molecular weight excluding hydrogens is 448 g/mol. The molecule has 0 unspecified atom stereocenters. The molecule has 2 aliphatic carbocycles. The molecule has 5 rings (SSSR count). The Hall–Kier alpha value is -2.82. The first-order chi connectivity index (χ1) is 17.4. The van der Waals surface area contributed by atoms with Gasteiger partial charge in [0, 0.05) is 25.4 Å². The molecule has 1 N–H and O–H groups in total. The third-order valence-corrected chi connectivity index (χ3v) is 8.88. The molecule has 0 bridgehead atoms. The molecule has 1 saturated heterocycles. The quantitative estimate of drug-likeness (QED) is 0.568. The second-order valence-electron chi connectivity index (χ2n) is 11.7. The third kappa shape index (κ3) is 5.45. The number of hydrogen-bond acceptors (Lipinski definition) is 5. The maximum absolute atomic E-state index is 13.8. The van der Waals surface area contributed by atoms with Crippen LogP contribution in [0.2, 0.25) is 0 Å². The van der Waals surface area contributed by atoms with Crippen molar-refractivity contribution in [1.29, 1.82) is 5.26 Å². The molecular formula is C29H39N6O+. The van der Waals surface area contributed by atoms with Crippen molar-refractivity contribution in [3.63, 3.8) is 0 Å². The molecule has 2 saturated carbocycles. The number of aromatic nitrogens is 2. The van der Waals surface area contributed by atoms with Crippen LogP contribution in [-0.4, -0.2) is 66.6 Å². The maximum atomic E-state index is 13.8. The van der Waals surface area contributed by atoms with Crippen molar-refractivity contribution in [3.05, 3.63) is 53.5 Å². The lowest BCUT2D eigenvalue weighted by Crippen LogP contribution is -2.53. The smallest absolute Gasteiger partial charge is 0.261 e. The van der Waals surface area contributed by atoms with Crippen LogP contribution < -0.4 is 9.80 Å². The summed E-state index contributed by atoms with van der Waals surface area (Å²) >= 11 is 0. The van der Waals surface area contributed by atoms with E-state index in [4.69, 9.17) is 0 Å². The lowest BCUT2D eigenvalue weighted by Gasteiger charge is -2.41. The van der Waals surface area contributed by atoms with E-state index in [1.165, 1.54) is 44.1 Å². The fourth-order valence-corrected chi connectivity index (χ4v) is 6.34. The number of quaternary nitrogens is 1. The van der Waals surface area contributed by atoms with Crippen molar-refractivity contribution in [2.24, 2.45) is 5.41 Å². The van der Waals surface area contributed by atoms with Gasteiger partial charge in [-0.2, -0.15) is 10.2 Å². The molecule has 7 nitrogen and oxygen atoms in total. The zero-order valence-corrected chi connectivity index (χ0v) is 21.7. The summed E-state index contributed by atoms with van der Waals surface area (Å²) in [7, 11) is 4.28. The normalized spacial score (nSPS) is 20.7. The van der Waals surface area contributed by atoms with Gasteiger partial charge < -0.3 is 10.2 Å². The predicted molar refractivity (Wildman–Crippen MR) is 141 cm³/mol. The van der Waals surface area contributed by atoms with Crippen molar-refractivity contribution >= 4 is 11.7 Å². The standard InChI is InChI=1S/C29H38N6O/c1-35(2,24-10-12-29(13-11-24)14-15-29)27-25(20-31-26(19-30)33-27)28(36)32-23(21-34-16-6-7-17-34)18-22-8-4-3-5-9-22/h3-5,8-9,20,23-24H,6-7,10-18,21H2,1-2H3/p+1/t23-/m1/s1. The number of benzene rings is 1. The van der Waals surface area contributed by atoms with Crippen molar-refractivity contribution in [3.8, 4) is 6.07 Å². The van der Waals surface area contributed by atoms with Gasteiger partial charge in [-0.25, -0.2) is 4.98 Å². The number of nitriles is 1. The molecule has 2 aromatic rings. The van der Waals surface area contributed by atoms with Crippen LogP contribution in [0, 0.1) is 16.7 Å². The van der Waals surface area contributed by atoms with Gasteiger partial charge in [-0.1, -0.05) is 30.3 Å². The van der Waals surface area contributed by atoms with Crippen LogP contribution in [0.25, 0.3) is 0 Å². The van der Waals surface area contributed by atoms with Crippen LogP contribution >= 0.6 is 0 Å². The van der Waals surface area contributed by atoms with E-state index in [0.29, 0.717) is 27.3 Å². The number of hydrogen-bond donors (Lipinski definition) is 1. The van der Waals surface area contributed by atoms with Crippen molar-refractivity contribution in [2.45, 2.75) is 69.9 Å². The Labute approximate surface area is 215 Å². The van der Waals surface area contributed by atoms with Gasteiger partial charge in [0.15, 0.2) is 0 Å². The van der Waals surface area contributed by atoms with Crippen LogP contribution in [0.3, 0.4) is 0 Å². The fraction of sp³-hybridized carbons (Fsp3) is 0.586. The van der Waals surface area contributed by atoms with Gasteiger partial charge in [0.05, 0.1) is 26.3 Å². The molecule has 190 valence electrons. The van der Waals surface area contributed by atoms with Gasteiger partial charge in [-0.3, -0.25) is 9.28 Å². The van der Waals surface area contributed by atoms with Gasteiger partial charge in [-0.15, -0.1) is 0 Å². The minimum absolute atomic E-state index is 0.0125. The summed E-state index contributed by atoms with van der Waals surface area (Å²) in [4.78, 5) is 25.1. The Morgan fingerprint density at radius 1 is 1.17 bits per heavy atom. The molecule has 1 aromatic heterocycles. The molecule has 1 aromatic carbocycles. The molecule has 2 heterocycles. The van der Waals surface area contributed by atoms with Crippen LogP contribution in [0.1, 0.15) is 73.1 Å². The Kier molecular flexibility index (Phi) is 7.09. The van der Waals surface area contributed by atoms with E-state index in [9.17, 15) is 10.1 Å². The first-order valence-electron chi connectivity index (χ1n) is 13.6. The highest BCUT2D eigenvalue weighted by Crippen LogP contribution is 2.57. The number of nitrogens with one attached hydrogen (secondary N) is 1. The van der Waals surface area contributed by atoms with Gasteiger partial charge in [0.2, 0.25) is 11.6 Å². The lowest BCUT2D eigenvalue weighted by molar-refractivity contribution is 0.0922. The summed E-state index contributed by atoms with van der Waals surface area (Å²) in [6, 6.07) is 12.8. The van der Waals surface area contributed by atoms with Gasteiger partial charge in [-0.05, 0) is 69.0 Å². The highest BCUT2D eigenvalue weighted by atomic mass is 16.1. The largest absolute Gasteiger partial charge is 0.347 e. The summed E-state index contributed by atoms with van der Waals surface area (Å²) in [5.74, 6) is 0.644. The van der Waals surface area contributed by atoms with Crippen LogP contribution in [0.15, 0.2) is 36.5 Å². The number of likely N-dealkylation sites (tertiary alicyclic amines) is 1. The number of carbonyl (C=O) groups excluding carboxylic acids is 1. The zero-order valence-electron chi connectivity index (χ0n) is 21.7. The Morgan fingerprint density at radius 2 is 1.86 bits per heavy atom. The molecule has 1 atom stereocenters. The Bertz CT molecular complexity index is 1100. The average molecular weight is 488 g/mol. The molecule has 7 heteroatoms. The van der Waals surface area contributed by atoms with Crippen molar-refractivity contribution in [2.75, 3.05) is 33.7 Å². The van der Waals surface area contributed by atoms with E-state index in [1.807, 2.05) is 18.2 Å². The van der Waals surface area contributed by atoms with Crippen molar-refractivity contribution in [1.82, 2.24) is 24.7 Å². The summed E-state index contributed by atoms with van der Waals surface area (Å²) < 4.78 is 0.505. The third-order valence-electron chi connectivity index (χ3n) is 8.88. The number of carbonyl (C=O) groups is 1. The second-order valence-corrected chi connectivity index (χ2v) is 11.7. The summed E-state index contributed by atoms with van der Waals surface area (Å²) in [6.45, 7) is 3.00. The minimum Gasteiger partial charge on any atom is -0.347 e. The topological polar surface area (TPSA) is 81.9 Å². The molecule has 36 heavy (non-hydrogen) atoms. The van der Waals surface area contributed by atoms with E-state index in [-0.39, 0.29) is 17.8 Å². The molecule has 1 spiro atoms. The Balaban J connectivity index is 1.38. The fourth-order valence-electron chi connectivity index (χ4n) is 6.34. The monoisotopic (exact) mass is 487 g/mol. The van der Waals surface area contributed by atoms with E-state index in [1.54, 1.807) is 6.20 Å². The van der Waals surface area contributed by atoms with E-state index < -0.39 is 0 Å². The van der Waals surface area contributed by atoms with Crippen LogP contribution in [-0.2, 0) is 6.42 Å². The maximum Gasteiger partial charge on any atom is 0.261 e. The van der Waals surface area contributed by atoms with Crippen molar-refractivity contribution < 1.29 is 4.79 Å². The summed E-state index contributed by atoms with van der Waals surface area (Å²) in [5, 5.41) is 12.9. The van der Waals surface area contributed by atoms with Gasteiger partial charge in [0.1, 0.15) is 11.6 Å². The number of rotatable bonds is 8. The zero-order chi connectivity index (χ0) is 25.2. The van der Waals surface area contributed by atoms with Gasteiger partial charge in [0.25, 0.3) is 5.91 Å². The van der Waals surface area contributed by atoms with E-state index in [0.717, 1.165) is 38.9 Å². The SMILES string of the molecule is C[N+](C)(c1nc(C#N)ncc1C(=O)N[C@H](Cc1ccccc1)CN1CCCC1)C1CCC2(CC1)CC2. The Morgan fingerprint density at radius 3 is 2.50 bits per heavy atom. The van der Waals surface area contributed by atoms with E-state index >= 15 is 0 Å². The summed E-state index contributed by atoms with van der Waals surface area (Å²) in [5.41, 5.74) is 2.30. The molecule has 3 aliphatic rings. The highest BCUT2D eigenvalue weighted by molar-refractivity contribution is 5.98. The molecule has 3 fully saturated rings. The lowest BCUT2D eigenvalue weighted by atomic mass is 9.82. The first-order valence-corrected chi connectivity index (χ1v) is 13.6. The summed E-state index contributed by atoms with van der Waals surface area (Å²) in [6.07, 6.45) is 12.3. The van der Waals surface area contributed by atoms with Crippen LogP contribution in [0.4, 0.5) is 5.82 Å². The highest BCUT2D eigenvalue weighted by Gasteiger charge is 2.49. The molecule has 0 radical (unpaired) electrons. The molecule has 1 amide bonds. The minimum atomic E-state index is -0.143. The molecule has 1 aliphatic heterocycles. The average Bonchev–Trinajstić information content (AvgIpc) is 3.43. The number of nitrogens with zero attached hydrogens (tertiary/aromatic N) is 5. The number of amides is 1.